The van der Waals surface area contributed by atoms with Crippen LogP contribution in [0, 0.1) is 17.6 Å². The van der Waals surface area contributed by atoms with Gasteiger partial charge >= 0.3 is 5.38 Å². The van der Waals surface area contributed by atoms with Gasteiger partial charge in [0.1, 0.15) is 17.2 Å². The maximum atomic E-state index is 13.9. The van der Waals surface area contributed by atoms with Crippen LogP contribution in [0.3, 0.4) is 0 Å². The second-order valence-electron chi connectivity index (χ2n) is 6.25. The fraction of sp³-hybridized carbons (Fsp3) is 0.368. The highest BCUT2D eigenvalue weighted by molar-refractivity contribution is 8.16. The van der Waals surface area contributed by atoms with E-state index in [0.717, 1.165) is 35.8 Å². The average molecular weight is 437 g/mol. The van der Waals surface area contributed by atoms with E-state index in [1.807, 2.05) is 35.7 Å². The van der Waals surface area contributed by atoms with Crippen LogP contribution in [0.5, 0.6) is 0 Å². The van der Waals surface area contributed by atoms with Gasteiger partial charge in [-0.2, -0.15) is 8.78 Å². The van der Waals surface area contributed by atoms with E-state index in [-0.39, 0.29) is 10.1 Å². The van der Waals surface area contributed by atoms with Crippen molar-refractivity contribution in [3.05, 3.63) is 59.2 Å². The van der Waals surface area contributed by atoms with Gasteiger partial charge in [-0.25, -0.2) is 8.78 Å². The molecular weight excluding hydrogens is 420 g/mol. The molecule has 0 aliphatic carbocycles. The van der Waals surface area contributed by atoms with Crippen molar-refractivity contribution < 1.29 is 22.3 Å². The number of alkyl halides is 3. The largest absolute Gasteiger partial charge is 0.384 e. The van der Waals surface area contributed by atoms with Crippen molar-refractivity contribution in [2.75, 3.05) is 25.2 Å². The summed E-state index contributed by atoms with van der Waals surface area (Å²) in [6.07, 6.45) is 0. The number of hydrogen-bond acceptors (Lipinski definition) is 3. The Balaban J connectivity index is 1.76. The molecule has 0 saturated carbocycles. The first-order valence-corrected chi connectivity index (χ1v) is 10.7. The minimum absolute atomic E-state index is 0.185. The molecule has 0 spiro atoms. The van der Waals surface area contributed by atoms with Crippen LogP contribution in [0.2, 0.25) is 0 Å². The number of ether oxygens (including phenoxy) is 1. The minimum atomic E-state index is -4.09. The van der Waals surface area contributed by atoms with Crippen LogP contribution in [0.1, 0.15) is 15.7 Å². The van der Waals surface area contributed by atoms with Crippen LogP contribution in [0.25, 0.3) is 11.1 Å². The van der Waals surface area contributed by atoms with Gasteiger partial charge in [-0.1, -0.05) is 24.3 Å². The Hall–Kier alpha value is -0.890. The first kappa shape index (κ1) is 20.8. The average Bonchev–Trinajstić information content (AvgIpc) is 2.61. The molecule has 1 aliphatic rings. The smallest absolute Gasteiger partial charge is 0.353 e. The second kappa shape index (κ2) is 8.64. The third-order valence-corrected chi connectivity index (χ3v) is 7.69. The van der Waals surface area contributed by atoms with Gasteiger partial charge < -0.3 is 4.74 Å². The molecule has 27 heavy (non-hydrogen) atoms. The van der Waals surface area contributed by atoms with E-state index in [9.17, 15) is 17.6 Å². The Kier molecular flexibility index (Phi) is 6.66. The first-order valence-electron chi connectivity index (χ1n) is 8.18. The molecule has 146 valence electrons. The molecule has 8 heteroatoms. The van der Waals surface area contributed by atoms with Gasteiger partial charge in [-0.3, -0.25) is 0 Å². The predicted octanol–water partition coefficient (Wildman–Crippen LogP) is 6.66. The van der Waals surface area contributed by atoms with Crippen molar-refractivity contribution >= 4 is 35.1 Å². The summed E-state index contributed by atoms with van der Waals surface area (Å²) in [6, 6.07) is 9.04. The summed E-state index contributed by atoms with van der Waals surface area (Å²) in [5.41, 5.74) is 0.411. The molecule has 0 N–H and O–H groups in total. The van der Waals surface area contributed by atoms with E-state index in [1.54, 1.807) is 19.2 Å². The Morgan fingerprint density at radius 2 is 1.59 bits per heavy atom. The third kappa shape index (κ3) is 4.94. The molecule has 0 atom stereocenters. The molecular formula is C19H17ClF4OS2. The fourth-order valence-corrected chi connectivity index (χ4v) is 6.12. The number of hydrogen-bond donors (Lipinski definition) is 0. The molecule has 0 bridgehead atoms. The van der Waals surface area contributed by atoms with Gasteiger partial charge in [0.25, 0.3) is 0 Å². The van der Waals surface area contributed by atoms with Crippen molar-refractivity contribution in [1.29, 1.82) is 0 Å². The summed E-state index contributed by atoms with van der Waals surface area (Å²) in [7, 11) is 1.70. The standard InChI is InChI=1S/C19H17ClF4OS2/c1-25-8-11-9-26-18(27-10-11)13-4-2-12(3-5-13)14-6-15(21)17(16(22)7-14)19(20,23)24/h2-7,11,18H,8-10H2,1H3. The summed E-state index contributed by atoms with van der Waals surface area (Å²) in [6.45, 7) is 0.750. The first-order chi connectivity index (χ1) is 12.8. The van der Waals surface area contributed by atoms with Crippen molar-refractivity contribution in [1.82, 2.24) is 0 Å². The molecule has 1 nitrogen and oxygen atoms in total. The normalized spacial score (nSPS) is 20.7. The van der Waals surface area contributed by atoms with Crippen molar-refractivity contribution in [2.24, 2.45) is 5.92 Å². The number of benzene rings is 2. The zero-order valence-electron chi connectivity index (χ0n) is 14.4. The zero-order chi connectivity index (χ0) is 19.6. The van der Waals surface area contributed by atoms with Gasteiger partial charge in [-0.05, 0) is 40.4 Å². The highest BCUT2D eigenvalue weighted by Gasteiger charge is 2.35. The number of thioether (sulfide) groups is 2. The number of methoxy groups -OCH3 is 1. The van der Waals surface area contributed by atoms with Crippen molar-refractivity contribution in [3.8, 4) is 11.1 Å². The van der Waals surface area contributed by atoms with Gasteiger partial charge in [0.2, 0.25) is 0 Å². The molecule has 3 rings (SSSR count). The van der Waals surface area contributed by atoms with E-state index in [4.69, 9.17) is 16.3 Å². The van der Waals surface area contributed by atoms with Crippen molar-refractivity contribution in [3.63, 3.8) is 0 Å². The fourth-order valence-electron chi connectivity index (χ4n) is 2.91. The second-order valence-corrected chi connectivity index (χ2v) is 9.30. The molecule has 2 aromatic carbocycles. The van der Waals surface area contributed by atoms with Crippen LogP contribution >= 0.6 is 35.1 Å². The van der Waals surface area contributed by atoms with E-state index in [0.29, 0.717) is 11.5 Å². The van der Waals surface area contributed by atoms with Gasteiger partial charge in [0, 0.05) is 24.5 Å². The van der Waals surface area contributed by atoms with E-state index in [2.05, 4.69) is 0 Å². The maximum Gasteiger partial charge on any atom is 0.353 e. The van der Waals surface area contributed by atoms with Crippen molar-refractivity contribution in [2.45, 2.75) is 9.96 Å². The minimum Gasteiger partial charge on any atom is -0.384 e. The number of rotatable bonds is 5. The lowest BCUT2D eigenvalue weighted by Gasteiger charge is -2.27. The maximum absolute atomic E-state index is 13.9. The molecule has 1 fully saturated rings. The van der Waals surface area contributed by atoms with Crippen LogP contribution in [0.4, 0.5) is 17.6 Å². The summed E-state index contributed by atoms with van der Waals surface area (Å²) >= 11 is 8.46. The van der Waals surface area contributed by atoms with E-state index in [1.165, 1.54) is 0 Å². The topological polar surface area (TPSA) is 9.23 Å². The van der Waals surface area contributed by atoms with Crippen LogP contribution in [-0.2, 0) is 10.1 Å². The Labute approximate surface area is 168 Å². The molecule has 0 aromatic heterocycles. The predicted molar refractivity (Wildman–Crippen MR) is 105 cm³/mol. The lowest BCUT2D eigenvalue weighted by molar-refractivity contribution is 0.0859. The summed E-state index contributed by atoms with van der Waals surface area (Å²) < 4.78 is 59.6. The van der Waals surface area contributed by atoms with Crippen LogP contribution < -0.4 is 0 Å². The van der Waals surface area contributed by atoms with Gasteiger partial charge in [0.15, 0.2) is 0 Å². The lowest BCUT2D eigenvalue weighted by atomic mass is 10.0. The highest BCUT2D eigenvalue weighted by Crippen LogP contribution is 2.46. The quantitative estimate of drug-likeness (QED) is 0.383. The molecule has 1 saturated heterocycles. The molecule has 0 unspecified atom stereocenters. The Bertz CT molecular complexity index is 764. The summed E-state index contributed by atoms with van der Waals surface area (Å²) in [5, 5.41) is -4.09. The lowest BCUT2D eigenvalue weighted by Crippen LogP contribution is -2.18. The molecule has 1 aliphatic heterocycles. The highest BCUT2D eigenvalue weighted by atomic mass is 35.5. The summed E-state index contributed by atoms with van der Waals surface area (Å²) in [4.78, 5) is 0. The number of halogens is 5. The molecule has 0 amide bonds. The van der Waals surface area contributed by atoms with Gasteiger partial charge in [-0.15, -0.1) is 23.5 Å². The van der Waals surface area contributed by atoms with E-state index >= 15 is 0 Å². The SMILES string of the molecule is COCC1CSC(c2ccc(-c3cc(F)c(C(F)(F)Cl)c(F)c3)cc2)SC1. The Morgan fingerprint density at radius 1 is 1.04 bits per heavy atom. The monoisotopic (exact) mass is 436 g/mol. The summed E-state index contributed by atoms with van der Waals surface area (Å²) in [5.74, 6) is -0.173. The molecule has 0 radical (unpaired) electrons. The van der Waals surface area contributed by atoms with Crippen LogP contribution in [0.15, 0.2) is 36.4 Å². The van der Waals surface area contributed by atoms with Gasteiger partial charge in [0.05, 0.1) is 11.2 Å². The molecule has 1 heterocycles. The molecule has 2 aromatic rings. The van der Waals surface area contributed by atoms with Crippen LogP contribution in [-0.4, -0.2) is 25.2 Å². The zero-order valence-corrected chi connectivity index (χ0v) is 16.7. The van der Waals surface area contributed by atoms with E-state index < -0.39 is 22.6 Å². The third-order valence-electron chi connectivity index (χ3n) is 4.21. The Morgan fingerprint density at radius 3 is 2.07 bits per heavy atom.